The first-order valence-corrected chi connectivity index (χ1v) is 15.9. The number of aryl methyl sites for hydroxylation is 2. The van der Waals surface area contributed by atoms with Crippen LogP contribution in [-0.2, 0) is 5.41 Å². The van der Waals surface area contributed by atoms with E-state index in [0.29, 0.717) is 0 Å². The van der Waals surface area contributed by atoms with E-state index in [4.69, 9.17) is 4.98 Å². The van der Waals surface area contributed by atoms with Crippen LogP contribution in [0.3, 0.4) is 0 Å². The van der Waals surface area contributed by atoms with Crippen LogP contribution in [0.4, 0.5) is 17.2 Å². The van der Waals surface area contributed by atoms with Crippen LogP contribution >= 0.6 is 0 Å². The Morgan fingerprint density at radius 3 is 1.53 bits per heavy atom. The summed E-state index contributed by atoms with van der Waals surface area (Å²) < 4.78 is 2.20. The third-order valence-electron chi connectivity index (χ3n) is 9.51. The minimum absolute atomic E-state index is 0.523. The summed E-state index contributed by atoms with van der Waals surface area (Å²) in [6, 6.07) is 47.9. The van der Waals surface area contributed by atoms with Crippen molar-refractivity contribution in [3.8, 4) is 5.69 Å². The number of aromatic nitrogens is 4. The maximum absolute atomic E-state index is 5.17. The predicted octanol–water partition coefficient (Wildman–Crippen LogP) is 9.75. The second-order valence-corrected chi connectivity index (χ2v) is 12.3. The second kappa shape index (κ2) is 10.5. The highest BCUT2D eigenvalue weighted by molar-refractivity contribution is 6.04. The molecule has 0 saturated heterocycles. The Morgan fingerprint density at radius 2 is 1.04 bits per heavy atom. The number of pyridine rings is 3. The highest BCUT2D eigenvalue weighted by Gasteiger charge is 2.46. The fourth-order valence-electron chi connectivity index (χ4n) is 7.55. The van der Waals surface area contributed by atoms with Gasteiger partial charge in [-0.15, -0.1) is 0 Å². The van der Waals surface area contributed by atoms with Crippen LogP contribution < -0.4 is 4.90 Å². The molecule has 47 heavy (non-hydrogen) atoms. The van der Waals surface area contributed by atoms with Crippen LogP contribution in [0.25, 0.3) is 27.8 Å². The summed E-state index contributed by atoms with van der Waals surface area (Å²) in [4.78, 5) is 16.8. The lowest BCUT2D eigenvalue weighted by atomic mass is 9.62. The molecule has 0 fully saturated rings. The van der Waals surface area contributed by atoms with Crippen molar-refractivity contribution in [2.45, 2.75) is 19.3 Å². The minimum atomic E-state index is -0.523. The molecule has 5 nitrogen and oxygen atoms in total. The first kappa shape index (κ1) is 27.3. The van der Waals surface area contributed by atoms with Crippen LogP contribution in [0.1, 0.15) is 33.4 Å². The normalized spacial score (nSPS) is 13.4. The maximum Gasteiger partial charge on any atom is 0.137 e. The zero-order chi connectivity index (χ0) is 31.5. The number of hydrogen-bond donors (Lipinski definition) is 0. The first-order chi connectivity index (χ1) is 23.1. The van der Waals surface area contributed by atoms with Crippen molar-refractivity contribution in [3.63, 3.8) is 0 Å². The largest absolute Gasteiger partial charge is 0.304 e. The average Bonchev–Trinajstić information content (AvgIpc) is 3.46. The lowest BCUT2D eigenvalue weighted by Crippen LogP contribution is -2.38. The fourth-order valence-corrected chi connectivity index (χ4v) is 7.55. The molecule has 0 unspecified atom stereocenters. The third kappa shape index (κ3) is 3.99. The van der Waals surface area contributed by atoms with E-state index in [1.165, 1.54) is 33.4 Å². The van der Waals surface area contributed by atoms with Gasteiger partial charge in [-0.3, -0.25) is 14.9 Å². The van der Waals surface area contributed by atoms with Crippen molar-refractivity contribution in [2.75, 3.05) is 4.90 Å². The zero-order valence-corrected chi connectivity index (χ0v) is 26.2. The van der Waals surface area contributed by atoms with Crippen molar-refractivity contribution in [2.24, 2.45) is 0 Å². The highest BCUT2D eigenvalue weighted by atomic mass is 15.2. The van der Waals surface area contributed by atoms with Gasteiger partial charge in [0.1, 0.15) is 16.9 Å². The molecule has 9 rings (SSSR count). The summed E-state index contributed by atoms with van der Waals surface area (Å²) in [5.74, 6) is 0.857. The summed E-state index contributed by atoms with van der Waals surface area (Å²) in [7, 11) is 0. The predicted molar refractivity (Wildman–Crippen MR) is 190 cm³/mol. The molecular formula is C42H31N5. The highest BCUT2D eigenvalue weighted by Crippen LogP contribution is 2.57. The van der Waals surface area contributed by atoms with Crippen LogP contribution in [0.15, 0.2) is 152 Å². The Hall–Kier alpha value is -6.07. The molecule has 0 bridgehead atoms. The quantitative estimate of drug-likeness (QED) is 0.200. The number of hydrogen-bond acceptors (Lipinski definition) is 4. The van der Waals surface area contributed by atoms with Gasteiger partial charge in [-0.1, -0.05) is 96.1 Å². The summed E-state index contributed by atoms with van der Waals surface area (Å²) in [6.07, 6.45) is 5.61. The number of nitrogens with zero attached hydrogens (tertiary/aromatic N) is 5. The Labute approximate surface area is 273 Å². The Bertz CT molecular complexity index is 2280. The van der Waals surface area contributed by atoms with Crippen molar-refractivity contribution in [1.29, 1.82) is 0 Å². The number of anilines is 3. The van der Waals surface area contributed by atoms with E-state index >= 15 is 0 Å². The Kier molecular flexibility index (Phi) is 6.09. The Morgan fingerprint density at radius 1 is 0.511 bits per heavy atom. The molecular weight excluding hydrogens is 574 g/mol. The zero-order valence-electron chi connectivity index (χ0n) is 26.2. The lowest BCUT2D eigenvalue weighted by Gasteiger charge is -2.46. The van der Waals surface area contributed by atoms with Gasteiger partial charge in [0, 0.05) is 12.4 Å². The molecule has 0 N–H and O–H groups in total. The molecule has 0 saturated carbocycles. The van der Waals surface area contributed by atoms with Gasteiger partial charge in [0.15, 0.2) is 0 Å². The van der Waals surface area contributed by atoms with Crippen LogP contribution in [0.2, 0.25) is 0 Å². The van der Waals surface area contributed by atoms with Crippen LogP contribution in [0.5, 0.6) is 0 Å². The van der Waals surface area contributed by atoms with Crippen LogP contribution in [0, 0.1) is 13.8 Å². The van der Waals surface area contributed by atoms with Gasteiger partial charge >= 0.3 is 0 Å². The van der Waals surface area contributed by atoms with Gasteiger partial charge in [-0.25, -0.2) is 4.98 Å². The molecule has 1 aliphatic rings. The molecule has 4 aromatic heterocycles. The standard InChI is InChI=1S/C42H31N5/c1-28-17-20-35-33(25-28)42(30-11-5-3-6-12-30,31-13-7-4-8-14-31)34-26-29(2)18-21-36(34)47(35)39-22-19-32(27-45-39)46-37-15-9-23-43-40(37)41-38(46)16-10-24-44-41/h3-27H,1-2H3. The summed E-state index contributed by atoms with van der Waals surface area (Å²) >= 11 is 0. The minimum Gasteiger partial charge on any atom is -0.304 e. The van der Waals surface area contributed by atoms with Gasteiger partial charge in [0.25, 0.3) is 0 Å². The lowest BCUT2D eigenvalue weighted by molar-refractivity contribution is 0.728. The Balaban J connectivity index is 1.29. The molecule has 5 heterocycles. The van der Waals surface area contributed by atoms with Gasteiger partial charge in [-0.05, 0) is 84.6 Å². The van der Waals surface area contributed by atoms with Crippen LogP contribution in [-0.4, -0.2) is 19.5 Å². The number of benzene rings is 4. The smallest absolute Gasteiger partial charge is 0.137 e. The molecule has 0 radical (unpaired) electrons. The van der Waals surface area contributed by atoms with E-state index in [-0.39, 0.29) is 0 Å². The van der Waals surface area contributed by atoms with E-state index in [9.17, 15) is 0 Å². The molecule has 0 amide bonds. The summed E-state index contributed by atoms with van der Waals surface area (Å²) in [5.41, 5.74) is 13.8. The van der Waals surface area contributed by atoms with E-state index < -0.39 is 5.41 Å². The molecule has 1 aliphatic heterocycles. The molecule has 4 aromatic carbocycles. The molecule has 0 aliphatic carbocycles. The SMILES string of the molecule is Cc1ccc2c(c1)C(c1ccccc1)(c1ccccc1)c1cc(C)ccc1N2c1ccc(-n2c3cccnc3c3ncccc32)cn1. The molecule has 224 valence electrons. The van der Waals surface area contributed by atoms with Crippen molar-refractivity contribution < 1.29 is 0 Å². The van der Waals surface area contributed by atoms with E-state index in [1.54, 1.807) is 0 Å². The third-order valence-corrected chi connectivity index (χ3v) is 9.51. The molecule has 0 atom stereocenters. The van der Waals surface area contributed by atoms with Gasteiger partial charge < -0.3 is 4.57 Å². The molecule has 8 aromatic rings. The van der Waals surface area contributed by atoms with E-state index in [1.807, 2.05) is 30.7 Å². The van der Waals surface area contributed by atoms with Gasteiger partial charge in [-0.2, -0.15) is 0 Å². The molecule has 5 heteroatoms. The monoisotopic (exact) mass is 605 g/mol. The average molecular weight is 606 g/mol. The van der Waals surface area contributed by atoms with Crippen molar-refractivity contribution >= 4 is 39.3 Å². The van der Waals surface area contributed by atoms with Crippen molar-refractivity contribution in [3.05, 3.63) is 185 Å². The van der Waals surface area contributed by atoms with E-state index in [2.05, 4.69) is 155 Å². The number of rotatable bonds is 4. The van der Waals surface area contributed by atoms with E-state index in [0.717, 1.165) is 44.9 Å². The fraction of sp³-hybridized carbons (Fsp3) is 0.0714. The maximum atomic E-state index is 5.17. The first-order valence-electron chi connectivity index (χ1n) is 15.9. The number of fused-ring (bicyclic) bond motifs is 5. The summed E-state index contributed by atoms with van der Waals surface area (Å²) in [5, 5.41) is 0. The molecule has 0 spiro atoms. The van der Waals surface area contributed by atoms with Gasteiger partial charge in [0.05, 0.1) is 39.7 Å². The van der Waals surface area contributed by atoms with Gasteiger partial charge in [0.2, 0.25) is 0 Å². The topological polar surface area (TPSA) is 46.8 Å². The summed E-state index contributed by atoms with van der Waals surface area (Å²) in [6.45, 7) is 4.36. The van der Waals surface area contributed by atoms with Crippen molar-refractivity contribution in [1.82, 2.24) is 19.5 Å². The second-order valence-electron chi connectivity index (χ2n) is 12.3.